The van der Waals surface area contributed by atoms with Gasteiger partial charge in [0.1, 0.15) is 17.3 Å². The molecule has 0 aliphatic heterocycles. The maximum Gasteiger partial charge on any atom is 0.313 e. The predicted octanol–water partition coefficient (Wildman–Crippen LogP) is 2.60. The average Bonchev–Trinajstić information content (AvgIpc) is 2.78. The standard InChI is InChI=1S/C16H17FN2O3/c1-9-4-5-13(7-14(9)17)19-16(21)15(20)18-8-12-6-10(2)22-11(12)3/h4-7H,8H2,1-3H3,(H,18,20)(H,19,21). The zero-order valence-electron chi connectivity index (χ0n) is 12.6. The van der Waals surface area contributed by atoms with Gasteiger partial charge >= 0.3 is 11.8 Å². The Balaban J connectivity index is 1.93. The minimum Gasteiger partial charge on any atom is -0.466 e. The molecule has 0 radical (unpaired) electrons. The molecule has 0 unspecified atom stereocenters. The van der Waals surface area contributed by atoms with Crippen LogP contribution in [0.2, 0.25) is 0 Å². The van der Waals surface area contributed by atoms with Crippen molar-refractivity contribution < 1.29 is 18.4 Å². The molecule has 0 aliphatic carbocycles. The highest BCUT2D eigenvalue weighted by Gasteiger charge is 2.15. The van der Waals surface area contributed by atoms with Crippen LogP contribution in [0.3, 0.4) is 0 Å². The van der Waals surface area contributed by atoms with E-state index in [4.69, 9.17) is 4.42 Å². The van der Waals surface area contributed by atoms with Crippen LogP contribution in [-0.4, -0.2) is 11.8 Å². The van der Waals surface area contributed by atoms with Crippen LogP contribution in [0.4, 0.5) is 10.1 Å². The zero-order valence-corrected chi connectivity index (χ0v) is 12.6. The number of hydrogen-bond acceptors (Lipinski definition) is 3. The molecule has 22 heavy (non-hydrogen) atoms. The first kappa shape index (κ1) is 15.8. The van der Waals surface area contributed by atoms with E-state index in [0.29, 0.717) is 11.3 Å². The molecule has 116 valence electrons. The van der Waals surface area contributed by atoms with Crippen LogP contribution in [0, 0.1) is 26.6 Å². The predicted molar refractivity (Wildman–Crippen MR) is 79.8 cm³/mol. The first-order valence-electron chi connectivity index (χ1n) is 6.78. The fourth-order valence-corrected chi connectivity index (χ4v) is 1.97. The number of carbonyl (C=O) groups is 2. The number of aryl methyl sites for hydroxylation is 3. The van der Waals surface area contributed by atoms with E-state index >= 15 is 0 Å². The van der Waals surface area contributed by atoms with Crippen molar-refractivity contribution in [2.45, 2.75) is 27.3 Å². The minimum atomic E-state index is -0.846. The van der Waals surface area contributed by atoms with E-state index in [1.54, 1.807) is 26.8 Å². The number of carbonyl (C=O) groups excluding carboxylic acids is 2. The lowest BCUT2D eigenvalue weighted by molar-refractivity contribution is -0.136. The lowest BCUT2D eigenvalue weighted by Crippen LogP contribution is -2.35. The summed E-state index contributed by atoms with van der Waals surface area (Å²) in [7, 11) is 0. The molecule has 1 heterocycles. The molecule has 2 rings (SSSR count). The Morgan fingerprint density at radius 3 is 2.45 bits per heavy atom. The smallest absolute Gasteiger partial charge is 0.313 e. The quantitative estimate of drug-likeness (QED) is 0.856. The van der Waals surface area contributed by atoms with E-state index in [9.17, 15) is 14.0 Å². The van der Waals surface area contributed by atoms with Crippen molar-refractivity contribution in [3.05, 3.63) is 52.7 Å². The molecule has 0 saturated carbocycles. The number of furan rings is 1. The van der Waals surface area contributed by atoms with E-state index in [2.05, 4.69) is 10.6 Å². The van der Waals surface area contributed by atoms with Crippen molar-refractivity contribution in [1.82, 2.24) is 5.32 Å². The molecule has 0 aliphatic rings. The van der Waals surface area contributed by atoms with Gasteiger partial charge in [-0.05, 0) is 44.5 Å². The summed E-state index contributed by atoms with van der Waals surface area (Å²) < 4.78 is 18.7. The molecule has 2 N–H and O–H groups in total. The van der Waals surface area contributed by atoms with Crippen LogP contribution in [-0.2, 0) is 16.1 Å². The molecule has 0 spiro atoms. The van der Waals surface area contributed by atoms with Gasteiger partial charge in [0.2, 0.25) is 0 Å². The van der Waals surface area contributed by atoms with Gasteiger partial charge in [0.15, 0.2) is 0 Å². The van der Waals surface area contributed by atoms with Crippen molar-refractivity contribution in [1.29, 1.82) is 0 Å². The summed E-state index contributed by atoms with van der Waals surface area (Å²) in [5, 5.41) is 4.85. The number of anilines is 1. The second-order valence-corrected chi connectivity index (χ2v) is 5.04. The topological polar surface area (TPSA) is 71.3 Å². The molecular formula is C16H17FN2O3. The SMILES string of the molecule is Cc1cc(CNC(=O)C(=O)Nc2ccc(C)c(F)c2)c(C)o1. The van der Waals surface area contributed by atoms with Gasteiger partial charge < -0.3 is 15.1 Å². The summed E-state index contributed by atoms with van der Waals surface area (Å²) in [6, 6.07) is 6.03. The summed E-state index contributed by atoms with van der Waals surface area (Å²) in [5.41, 5.74) is 1.51. The van der Waals surface area contributed by atoms with Gasteiger partial charge in [0.25, 0.3) is 0 Å². The van der Waals surface area contributed by atoms with E-state index in [1.165, 1.54) is 18.2 Å². The first-order chi connectivity index (χ1) is 10.4. The van der Waals surface area contributed by atoms with Crippen LogP contribution in [0.5, 0.6) is 0 Å². The number of rotatable bonds is 3. The third kappa shape index (κ3) is 3.72. The normalized spacial score (nSPS) is 10.4. The Labute approximate surface area is 127 Å². The second kappa shape index (κ2) is 6.43. The molecule has 1 aromatic carbocycles. The molecule has 1 aromatic heterocycles. The molecular weight excluding hydrogens is 287 g/mol. The van der Waals surface area contributed by atoms with E-state index < -0.39 is 17.6 Å². The monoisotopic (exact) mass is 304 g/mol. The van der Waals surface area contributed by atoms with Gasteiger partial charge in [-0.15, -0.1) is 0 Å². The van der Waals surface area contributed by atoms with Crippen molar-refractivity contribution in [3.8, 4) is 0 Å². The lowest BCUT2D eigenvalue weighted by atomic mass is 10.2. The maximum absolute atomic E-state index is 13.4. The number of nitrogens with one attached hydrogen (secondary N) is 2. The van der Waals surface area contributed by atoms with Gasteiger partial charge in [0, 0.05) is 17.8 Å². The van der Waals surface area contributed by atoms with Crippen LogP contribution < -0.4 is 10.6 Å². The zero-order chi connectivity index (χ0) is 16.3. The number of halogens is 1. The van der Waals surface area contributed by atoms with Crippen LogP contribution in [0.1, 0.15) is 22.6 Å². The number of amides is 2. The van der Waals surface area contributed by atoms with Crippen LogP contribution in [0.15, 0.2) is 28.7 Å². The highest BCUT2D eigenvalue weighted by molar-refractivity contribution is 6.39. The fraction of sp³-hybridized carbons (Fsp3) is 0.250. The maximum atomic E-state index is 13.4. The number of hydrogen-bond donors (Lipinski definition) is 2. The van der Waals surface area contributed by atoms with Gasteiger partial charge in [-0.1, -0.05) is 6.07 Å². The minimum absolute atomic E-state index is 0.192. The Morgan fingerprint density at radius 2 is 1.86 bits per heavy atom. The average molecular weight is 304 g/mol. The van der Waals surface area contributed by atoms with Crippen molar-refractivity contribution in [3.63, 3.8) is 0 Å². The molecule has 5 nitrogen and oxygen atoms in total. The Kier molecular flexibility index (Phi) is 4.60. The fourth-order valence-electron chi connectivity index (χ4n) is 1.97. The molecule has 0 saturated heterocycles. The Hall–Kier alpha value is -2.63. The highest BCUT2D eigenvalue weighted by Crippen LogP contribution is 2.14. The van der Waals surface area contributed by atoms with Crippen molar-refractivity contribution >= 4 is 17.5 Å². The summed E-state index contributed by atoms with van der Waals surface area (Å²) in [4.78, 5) is 23.5. The van der Waals surface area contributed by atoms with Crippen molar-refractivity contribution in [2.75, 3.05) is 5.32 Å². The summed E-state index contributed by atoms with van der Waals surface area (Å²) >= 11 is 0. The number of benzene rings is 1. The highest BCUT2D eigenvalue weighted by atomic mass is 19.1. The van der Waals surface area contributed by atoms with E-state index in [1.807, 2.05) is 0 Å². The van der Waals surface area contributed by atoms with Crippen molar-refractivity contribution in [2.24, 2.45) is 0 Å². The van der Waals surface area contributed by atoms with Gasteiger partial charge in [-0.3, -0.25) is 9.59 Å². The third-order valence-electron chi connectivity index (χ3n) is 3.22. The Bertz CT molecular complexity index is 722. The summed E-state index contributed by atoms with van der Waals surface area (Å²) in [6.07, 6.45) is 0. The molecule has 0 fully saturated rings. The first-order valence-corrected chi connectivity index (χ1v) is 6.78. The van der Waals surface area contributed by atoms with Gasteiger partial charge in [-0.2, -0.15) is 0 Å². The summed E-state index contributed by atoms with van der Waals surface area (Å²) in [6.45, 7) is 5.39. The van der Waals surface area contributed by atoms with Gasteiger partial charge in [0.05, 0.1) is 0 Å². The second-order valence-electron chi connectivity index (χ2n) is 5.04. The van der Waals surface area contributed by atoms with E-state index in [-0.39, 0.29) is 12.2 Å². The molecule has 0 bridgehead atoms. The van der Waals surface area contributed by atoms with Gasteiger partial charge in [-0.25, -0.2) is 4.39 Å². The lowest BCUT2D eigenvalue weighted by Gasteiger charge is -2.07. The molecule has 2 aromatic rings. The molecule has 6 heteroatoms. The van der Waals surface area contributed by atoms with Crippen LogP contribution in [0.25, 0.3) is 0 Å². The molecule has 2 amide bonds. The molecule has 0 atom stereocenters. The van der Waals surface area contributed by atoms with E-state index in [0.717, 1.165) is 11.3 Å². The summed E-state index contributed by atoms with van der Waals surface area (Å²) in [5.74, 6) is -0.650. The Morgan fingerprint density at radius 1 is 1.14 bits per heavy atom. The largest absolute Gasteiger partial charge is 0.466 e. The van der Waals surface area contributed by atoms with Crippen LogP contribution >= 0.6 is 0 Å². The third-order valence-corrected chi connectivity index (χ3v) is 3.22.